The molecule has 1 amide bonds. The Hall–Kier alpha value is -0.400. The van der Waals surface area contributed by atoms with E-state index < -0.39 is 0 Å². The number of amides is 1. The van der Waals surface area contributed by atoms with Crippen LogP contribution >= 0.6 is 36.2 Å². The van der Waals surface area contributed by atoms with Gasteiger partial charge in [0.2, 0.25) is 0 Å². The van der Waals surface area contributed by atoms with E-state index in [-0.39, 0.29) is 36.8 Å². The molecule has 2 N–H and O–H groups in total. The number of carbonyl (C=O) groups is 1. The van der Waals surface area contributed by atoms with Crippen LogP contribution in [0.1, 0.15) is 16.8 Å². The van der Waals surface area contributed by atoms with Crippen molar-refractivity contribution >= 4 is 42.1 Å². The van der Waals surface area contributed by atoms with Crippen LogP contribution in [0.15, 0.2) is 6.20 Å². The highest BCUT2D eigenvalue weighted by Crippen LogP contribution is 2.12. The summed E-state index contributed by atoms with van der Waals surface area (Å²) in [5, 5.41) is 6.92. The lowest BCUT2D eigenvalue weighted by Gasteiger charge is -2.22. The number of nitrogens with one attached hydrogen (secondary N) is 2. The fourth-order valence-electron chi connectivity index (χ4n) is 1.60. The predicted molar refractivity (Wildman–Crippen MR) is 80.4 cm³/mol. The van der Waals surface area contributed by atoms with Crippen molar-refractivity contribution in [3.63, 3.8) is 0 Å². The molecule has 1 aromatic heterocycles. The van der Waals surface area contributed by atoms with Gasteiger partial charge in [0, 0.05) is 24.2 Å². The van der Waals surface area contributed by atoms with Gasteiger partial charge in [-0.15, -0.1) is 36.2 Å². The summed E-state index contributed by atoms with van der Waals surface area (Å²) in [6, 6.07) is 0. The molecular formula is C11H19Cl2N3O2S. The molecule has 0 bridgehead atoms. The standard InChI is InChI=1S/C11H17N3O2S.2ClH/c1-2-8-5-13-10(17-8)7-14-11(15)9-6-12-3-4-16-9;;/h5,9,12H,2-4,6-7H2,1H3,(H,14,15);2*1H. The van der Waals surface area contributed by atoms with Crippen LogP contribution in [0.4, 0.5) is 0 Å². The average Bonchev–Trinajstić information content (AvgIpc) is 2.85. The number of rotatable bonds is 4. The van der Waals surface area contributed by atoms with Crippen molar-refractivity contribution in [2.75, 3.05) is 19.7 Å². The first kappa shape index (κ1) is 18.6. The van der Waals surface area contributed by atoms with Gasteiger partial charge in [-0.3, -0.25) is 4.79 Å². The van der Waals surface area contributed by atoms with Gasteiger partial charge in [0.15, 0.2) is 0 Å². The van der Waals surface area contributed by atoms with E-state index in [9.17, 15) is 4.79 Å². The SMILES string of the molecule is CCc1cnc(CNC(=O)C2CNCCO2)s1.Cl.Cl. The lowest BCUT2D eigenvalue weighted by molar-refractivity contribution is -0.134. The average molecular weight is 328 g/mol. The predicted octanol–water partition coefficient (Wildman–Crippen LogP) is 1.15. The van der Waals surface area contributed by atoms with Gasteiger partial charge in [0.05, 0.1) is 13.2 Å². The second-order valence-electron chi connectivity index (χ2n) is 3.86. The molecule has 2 rings (SSSR count). The Bertz CT molecular complexity index is 384. The Morgan fingerprint density at radius 1 is 1.63 bits per heavy atom. The number of ether oxygens (including phenoxy) is 1. The molecule has 1 unspecified atom stereocenters. The summed E-state index contributed by atoms with van der Waals surface area (Å²) in [5.74, 6) is -0.0644. The normalized spacial score (nSPS) is 18.1. The molecular weight excluding hydrogens is 309 g/mol. The molecule has 110 valence electrons. The molecule has 1 atom stereocenters. The number of nitrogens with zero attached hydrogens (tertiary/aromatic N) is 1. The van der Waals surface area contributed by atoms with Crippen molar-refractivity contribution in [1.82, 2.24) is 15.6 Å². The number of aromatic nitrogens is 1. The first-order valence-corrected chi connectivity index (χ1v) is 6.65. The summed E-state index contributed by atoms with van der Waals surface area (Å²) < 4.78 is 5.36. The number of thiazole rings is 1. The van der Waals surface area contributed by atoms with Gasteiger partial charge < -0.3 is 15.4 Å². The highest BCUT2D eigenvalue weighted by Gasteiger charge is 2.21. The molecule has 1 aliphatic heterocycles. The third-order valence-corrected chi connectivity index (χ3v) is 3.73. The van der Waals surface area contributed by atoms with E-state index in [2.05, 4.69) is 22.5 Å². The molecule has 0 saturated carbocycles. The van der Waals surface area contributed by atoms with Crippen LogP contribution < -0.4 is 10.6 Å². The largest absolute Gasteiger partial charge is 0.366 e. The second-order valence-corrected chi connectivity index (χ2v) is 5.05. The van der Waals surface area contributed by atoms with Gasteiger partial charge in [-0.25, -0.2) is 4.98 Å². The summed E-state index contributed by atoms with van der Waals surface area (Å²) in [6.07, 6.45) is 2.49. The minimum atomic E-state index is -0.366. The summed E-state index contributed by atoms with van der Waals surface area (Å²) in [4.78, 5) is 17.2. The molecule has 0 radical (unpaired) electrons. The molecule has 2 heterocycles. The van der Waals surface area contributed by atoms with Crippen LogP contribution in [-0.2, 0) is 22.5 Å². The maximum Gasteiger partial charge on any atom is 0.250 e. The number of morpholine rings is 1. The van der Waals surface area contributed by atoms with Crippen molar-refractivity contribution in [2.24, 2.45) is 0 Å². The third kappa shape index (κ3) is 5.62. The van der Waals surface area contributed by atoms with E-state index in [0.29, 0.717) is 19.7 Å². The Morgan fingerprint density at radius 3 is 3.00 bits per heavy atom. The smallest absolute Gasteiger partial charge is 0.250 e. The van der Waals surface area contributed by atoms with Gasteiger partial charge in [-0.05, 0) is 6.42 Å². The third-order valence-electron chi connectivity index (χ3n) is 2.58. The monoisotopic (exact) mass is 327 g/mol. The molecule has 1 fully saturated rings. The van der Waals surface area contributed by atoms with E-state index in [4.69, 9.17) is 4.74 Å². The lowest BCUT2D eigenvalue weighted by Crippen LogP contribution is -2.47. The maximum absolute atomic E-state index is 11.7. The molecule has 1 saturated heterocycles. The van der Waals surface area contributed by atoms with Crippen molar-refractivity contribution in [3.8, 4) is 0 Å². The lowest BCUT2D eigenvalue weighted by atomic mass is 10.3. The molecule has 1 aromatic rings. The first-order valence-electron chi connectivity index (χ1n) is 5.83. The van der Waals surface area contributed by atoms with Gasteiger partial charge >= 0.3 is 0 Å². The number of carbonyl (C=O) groups excluding carboxylic acids is 1. The topological polar surface area (TPSA) is 63.2 Å². The molecule has 0 aliphatic carbocycles. The van der Waals surface area contributed by atoms with Gasteiger partial charge in [0.25, 0.3) is 5.91 Å². The molecule has 5 nitrogen and oxygen atoms in total. The summed E-state index contributed by atoms with van der Waals surface area (Å²) in [7, 11) is 0. The highest BCUT2D eigenvalue weighted by atomic mass is 35.5. The van der Waals surface area contributed by atoms with E-state index in [1.165, 1.54) is 4.88 Å². The van der Waals surface area contributed by atoms with Crippen LogP contribution in [-0.4, -0.2) is 36.7 Å². The van der Waals surface area contributed by atoms with Crippen LogP contribution in [0.25, 0.3) is 0 Å². The molecule has 0 aromatic carbocycles. The molecule has 1 aliphatic rings. The van der Waals surface area contributed by atoms with Crippen LogP contribution in [0.5, 0.6) is 0 Å². The van der Waals surface area contributed by atoms with Gasteiger partial charge in [-0.2, -0.15) is 0 Å². The minimum absolute atomic E-state index is 0. The van der Waals surface area contributed by atoms with Crippen molar-refractivity contribution < 1.29 is 9.53 Å². The highest BCUT2D eigenvalue weighted by molar-refractivity contribution is 7.11. The summed E-state index contributed by atoms with van der Waals surface area (Å²) in [6.45, 7) is 4.58. The van der Waals surface area contributed by atoms with E-state index in [1.54, 1.807) is 11.3 Å². The second kappa shape index (κ2) is 9.50. The maximum atomic E-state index is 11.7. The fourth-order valence-corrected chi connectivity index (χ4v) is 2.41. The van der Waals surface area contributed by atoms with E-state index in [1.807, 2.05) is 6.20 Å². The summed E-state index contributed by atoms with van der Waals surface area (Å²) in [5.41, 5.74) is 0. The Morgan fingerprint density at radius 2 is 2.42 bits per heavy atom. The number of hydrogen-bond acceptors (Lipinski definition) is 5. The zero-order valence-electron chi connectivity index (χ0n) is 10.7. The van der Waals surface area contributed by atoms with Crippen molar-refractivity contribution in [2.45, 2.75) is 26.0 Å². The number of halogens is 2. The Balaban J connectivity index is 0.00000162. The van der Waals surface area contributed by atoms with Crippen LogP contribution in [0.2, 0.25) is 0 Å². The fraction of sp³-hybridized carbons (Fsp3) is 0.636. The summed E-state index contributed by atoms with van der Waals surface area (Å²) >= 11 is 1.64. The van der Waals surface area contributed by atoms with Crippen LogP contribution in [0, 0.1) is 0 Å². The Labute approximate surface area is 129 Å². The molecule has 19 heavy (non-hydrogen) atoms. The quantitative estimate of drug-likeness (QED) is 0.870. The van der Waals surface area contributed by atoms with E-state index >= 15 is 0 Å². The minimum Gasteiger partial charge on any atom is -0.366 e. The number of aryl methyl sites for hydroxylation is 1. The number of hydrogen-bond donors (Lipinski definition) is 2. The van der Waals surface area contributed by atoms with Gasteiger partial charge in [-0.1, -0.05) is 6.92 Å². The zero-order chi connectivity index (χ0) is 12.1. The first-order chi connectivity index (χ1) is 8.29. The van der Waals surface area contributed by atoms with Gasteiger partial charge in [0.1, 0.15) is 11.1 Å². The molecule has 0 spiro atoms. The van der Waals surface area contributed by atoms with Crippen molar-refractivity contribution in [3.05, 3.63) is 16.1 Å². The van der Waals surface area contributed by atoms with E-state index in [0.717, 1.165) is 18.0 Å². The van der Waals surface area contributed by atoms with Crippen LogP contribution in [0.3, 0.4) is 0 Å². The van der Waals surface area contributed by atoms with Crippen molar-refractivity contribution in [1.29, 1.82) is 0 Å². The zero-order valence-corrected chi connectivity index (χ0v) is 13.1. The molecule has 8 heteroatoms. The Kier molecular flexibility index (Phi) is 9.30.